The van der Waals surface area contributed by atoms with Crippen molar-refractivity contribution in [1.82, 2.24) is 20.6 Å². The molecule has 1 aromatic heterocycles. The number of carbonyl (C=O) groups is 2. The Morgan fingerprint density at radius 1 is 1.12 bits per heavy atom. The summed E-state index contributed by atoms with van der Waals surface area (Å²) in [5.41, 5.74) is 1.13. The van der Waals surface area contributed by atoms with Gasteiger partial charge in [0.15, 0.2) is 0 Å². The van der Waals surface area contributed by atoms with Crippen LogP contribution >= 0.6 is 0 Å². The lowest BCUT2D eigenvalue weighted by Gasteiger charge is -2.05. The zero-order valence-electron chi connectivity index (χ0n) is 13.2. The summed E-state index contributed by atoms with van der Waals surface area (Å²) in [5.74, 6) is 0.196. The predicted octanol–water partition coefficient (Wildman–Crippen LogP) is 1.04. The highest BCUT2D eigenvalue weighted by atomic mass is 16.5. The molecule has 2 N–H and O–H groups in total. The maximum atomic E-state index is 11.7. The fraction of sp³-hybridized carbons (Fsp3) is 0.176. The first-order chi connectivity index (χ1) is 11.7. The third kappa shape index (κ3) is 5.53. The van der Waals surface area contributed by atoms with E-state index in [9.17, 15) is 9.59 Å². The average molecular weight is 326 g/mol. The van der Waals surface area contributed by atoms with Crippen molar-refractivity contribution < 1.29 is 14.3 Å². The highest BCUT2D eigenvalue weighted by Crippen LogP contribution is 2.12. The van der Waals surface area contributed by atoms with Gasteiger partial charge in [0, 0.05) is 31.6 Å². The molecule has 2 amide bonds. The molecule has 7 nitrogen and oxygen atoms in total. The summed E-state index contributed by atoms with van der Waals surface area (Å²) in [4.78, 5) is 31.1. The van der Waals surface area contributed by atoms with Gasteiger partial charge in [-0.15, -0.1) is 0 Å². The molecule has 0 aliphatic rings. The van der Waals surface area contributed by atoms with Gasteiger partial charge < -0.3 is 15.4 Å². The van der Waals surface area contributed by atoms with E-state index in [1.807, 2.05) is 24.3 Å². The second kappa shape index (κ2) is 9.04. The molecule has 0 bridgehead atoms. The molecule has 1 aromatic carbocycles. The van der Waals surface area contributed by atoms with Crippen LogP contribution in [0.25, 0.3) is 6.08 Å². The zero-order chi connectivity index (χ0) is 17.2. The number of rotatable bonds is 7. The molecule has 0 aliphatic heterocycles. The normalized spacial score (nSPS) is 10.4. The van der Waals surface area contributed by atoms with E-state index in [1.54, 1.807) is 13.2 Å². The van der Waals surface area contributed by atoms with Crippen molar-refractivity contribution >= 4 is 17.9 Å². The molecule has 0 atom stereocenters. The quantitative estimate of drug-likeness (QED) is 0.586. The third-order valence-electron chi connectivity index (χ3n) is 3.05. The molecule has 0 unspecified atom stereocenters. The summed E-state index contributed by atoms with van der Waals surface area (Å²) in [7, 11) is 1.60. The summed E-state index contributed by atoms with van der Waals surface area (Å²) in [6.07, 6.45) is 7.46. The van der Waals surface area contributed by atoms with E-state index in [4.69, 9.17) is 4.74 Å². The maximum absolute atomic E-state index is 11.7. The van der Waals surface area contributed by atoms with E-state index in [0.29, 0.717) is 13.1 Å². The SMILES string of the molecule is COc1ccc(/C=C/C(=O)NCCNC(=O)c2cnccn2)cc1. The van der Waals surface area contributed by atoms with E-state index < -0.39 is 0 Å². The Kier molecular flexibility index (Phi) is 6.46. The van der Waals surface area contributed by atoms with Gasteiger partial charge in [-0.25, -0.2) is 4.98 Å². The predicted molar refractivity (Wildman–Crippen MR) is 89.4 cm³/mol. The minimum Gasteiger partial charge on any atom is -0.497 e. The molecule has 24 heavy (non-hydrogen) atoms. The highest BCUT2D eigenvalue weighted by Gasteiger charge is 2.05. The highest BCUT2D eigenvalue weighted by molar-refractivity contribution is 5.92. The van der Waals surface area contributed by atoms with E-state index in [1.165, 1.54) is 24.7 Å². The Balaban J connectivity index is 1.69. The second-order valence-corrected chi connectivity index (χ2v) is 4.74. The van der Waals surface area contributed by atoms with Gasteiger partial charge in [-0.3, -0.25) is 14.6 Å². The zero-order valence-corrected chi connectivity index (χ0v) is 13.2. The van der Waals surface area contributed by atoms with E-state index in [2.05, 4.69) is 20.6 Å². The topological polar surface area (TPSA) is 93.2 Å². The van der Waals surface area contributed by atoms with E-state index in [0.717, 1.165) is 11.3 Å². The number of hydrogen-bond donors (Lipinski definition) is 2. The van der Waals surface area contributed by atoms with Crippen LogP contribution in [0.4, 0.5) is 0 Å². The fourth-order valence-electron chi connectivity index (χ4n) is 1.81. The molecule has 0 spiro atoms. The van der Waals surface area contributed by atoms with E-state index in [-0.39, 0.29) is 17.5 Å². The smallest absolute Gasteiger partial charge is 0.271 e. The molecular weight excluding hydrogens is 308 g/mol. The van der Waals surface area contributed by atoms with Crippen molar-refractivity contribution in [2.24, 2.45) is 0 Å². The van der Waals surface area contributed by atoms with Gasteiger partial charge in [0.2, 0.25) is 5.91 Å². The Labute approximate surface area is 139 Å². The number of benzene rings is 1. The Bertz CT molecular complexity index is 700. The number of nitrogens with zero attached hydrogens (tertiary/aromatic N) is 2. The first-order valence-corrected chi connectivity index (χ1v) is 7.33. The van der Waals surface area contributed by atoms with Crippen LogP contribution in [-0.4, -0.2) is 42.0 Å². The maximum Gasteiger partial charge on any atom is 0.271 e. The number of ether oxygens (including phenoxy) is 1. The largest absolute Gasteiger partial charge is 0.497 e. The fourth-order valence-corrected chi connectivity index (χ4v) is 1.81. The first kappa shape index (κ1) is 17.1. The Hall–Kier alpha value is -3.22. The van der Waals surface area contributed by atoms with Gasteiger partial charge in [-0.05, 0) is 23.8 Å². The molecule has 7 heteroatoms. The van der Waals surface area contributed by atoms with Gasteiger partial charge in [-0.2, -0.15) is 0 Å². The van der Waals surface area contributed by atoms with Gasteiger partial charge in [0.1, 0.15) is 11.4 Å². The minimum absolute atomic E-state index is 0.237. The van der Waals surface area contributed by atoms with Crippen LogP contribution in [0.5, 0.6) is 5.75 Å². The van der Waals surface area contributed by atoms with Gasteiger partial charge in [0.05, 0.1) is 13.3 Å². The van der Waals surface area contributed by atoms with Crippen molar-refractivity contribution in [1.29, 1.82) is 0 Å². The summed E-state index contributed by atoms with van der Waals surface area (Å²) in [6.45, 7) is 0.620. The lowest BCUT2D eigenvalue weighted by molar-refractivity contribution is -0.116. The molecule has 2 rings (SSSR count). The number of hydrogen-bond acceptors (Lipinski definition) is 5. The molecule has 0 aliphatic carbocycles. The monoisotopic (exact) mass is 326 g/mol. The van der Waals surface area contributed by atoms with Crippen LogP contribution in [0.1, 0.15) is 16.1 Å². The first-order valence-electron chi connectivity index (χ1n) is 7.33. The molecule has 2 aromatic rings. The lowest BCUT2D eigenvalue weighted by atomic mass is 10.2. The minimum atomic E-state index is -0.328. The Morgan fingerprint density at radius 3 is 2.54 bits per heavy atom. The van der Waals surface area contributed by atoms with Crippen LogP contribution < -0.4 is 15.4 Å². The van der Waals surface area contributed by atoms with Crippen molar-refractivity contribution in [2.75, 3.05) is 20.2 Å². The van der Waals surface area contributed by atoms with Crippen molar-refractivity contribution in [2.45, 2.75) is 0 Å². The van der Waals surface area contributed by atoms with Crippen molar-refractivity contribution in [3.8, 4) is 5.75 Å². The average Bonchev–Trinajstić information content (AvgIpc) is 2.64. The number of carbonyl (C=O) groups excluding carboxylic acids is 2. The van der Waals surface area contributed by atoms with Crippen LogP contribution in [0.2, 0.25) is 0 Å². The van der Waals surface area contributed by atoms with Crippen LogP contribution in [0.3, 0.4) is 0 Å². The summed E-state index contributed by atoms with van der Waals surface area (Å²) < 4.78 is 5.07. The molecule has 0 saturated heterocycles. The van der Waals surface area contributed by atoms with Crippen molar-refractivity contribution in [3.05, 3.63) is 60.2 Å². The number of nitrogens with one attached hydrogen (secondary N) is 2. The molecule has 1 heterocycles. The van der Waals surface area contributed by atoms with Crippen LogP contribution in [0, 0.1) is 0 Å². The van der Waals surface area contributed by atoms with E-state index >= 15 is 0 Å². The summed E-state index contributed by atoms with van der Waals surface area (Å²) >= 11 is 0. The van der Waals surface area contributed by atoms with Gasteiger partial charge in [-0.1, -0.05) is 12.1 Å². The summed E-state index contributed by atoms with van der Waals surface area (Å²) in [5, 5.41) is 5.33. The molecule has 0 radical (unpaired) electrons. The number of amides is 2. The number of aromatic nitrogens is 2. The van der Waals surface area contributed by atoms with Gasteiger partial charge in [0.25, 0.3) is 5.91 Å². The lowest BCUT2D eigenvalue weighted by Crippen LogP contribution is -2.34. The second-order valence-electron chi connectivity index (χ2n) is 4.74. The third-order valence-corrected chi connectivity index (χ3v) is 3.05. The Morgan fingerprint density at radius 2 is 1.88 bits per heavy atom. The molecule has 124 valence electrons. The molecule has 0 fully saturated rings. The van der Waals surface area contributed by atoms with Crippen molar-refractivity contribution in [3.63, 3.8) is 0 Å². The standard InChI is InChI=1S/C17H18N4O3/c1-24-14-5-2-13(3-6-14)4-7-16(22)20-10-11-21-17(23)15-12-18-8-9-19-15/h2-9,12H,10-11H2,1H3,(H,20,22)(H,21,23)/b7-4+. The molecular formula is C17H18N4O3. The number of methoxy groups -OCH3 is 1. The van der Waals surface area contributed by atoms with Crippen LogP contribution in [0.15, 0.2) is 48.9 Å². The van der Waals surface area contributed by atoms with Crippen LogP contribution in [-0.2, 0) is 4.79 Å². The molecule has 0 saturated carbocycles. The summed E-state index contributed by atoms with van der Waals surface area (Å²) in [6, 6.07) is 7.34. The van der Waals surface area contributed by atoms with Gasteiger partial charge >= 0.3 is 0 Å².